The van der Waals surface area contributed by atoms with Crippen LogP contribution in [0, 0.1) is 0 Å². The highest BCUT2D eigenvalue weighted by Crippen LogP contribution is 2.32. The highest BCUT2D eigenvalue weighted by molar-refractivity contribution is 5.91. The van der Waals surface area contributed by atoms with Crippen LogP contribution < -0.4 is 16.0 Å². The quantitative estimate of drug-likeness (QED) is 0.0776. The minimum Gasteiger partial charge on any atom is -0.394 e. The number of anilines is 1. The number of rotatable bonds is 17. The van der Waals surface area contributed by atoms with E-state index in [2.05, 4.69) is 37.8 Å². The molecular formula is C29H44N6O7. The Morgan fingerprint density at radius 3 is 2.62 bits per heavy atom. The molecule has 2 amide bonds. The molecule has 6 unspecified atom stereocenters. The molecule has 232 valence electrons. The Balaban J connectivity index is 1.45. The third kappa shape index (κ3) is 9.95. The molecule has 2 aliphatic rings. The third-order valence-electron chi connectivity index (χ3n) is 7.15. The molecule has 0 radical (unpaired) electrons. The summed E-state index contributed by atoms with van der Waals surface area (Å²) in [5.74, 6) is -0.911. The van der Waals surface area contributed by atoms with Crippen molar-refractivity contribution in [1.82, 2.24) is 20.6 Å². The van der Waals surface area contributed by atoms with Gasteiger partial charge in [0, 0.05) is 18.7 Å². The number of carbonyl (C=O) groups excluding carboxylic acids is 2. The van der Waals surface area contributed by atoms with Crippen molar-refractivity contribution in [3.8, 4) is 0 Å². The molecule has 0 spiro atoms. The molecule has 3 heterocycles. The van der Waals surface area contributed by atoms with Crippen molar-refractivity contribution in [1.29, 1.82) is 0 Å². The Kier molecular flexibility index (Phi) is 14.0. The first-order valence-corrected chi connectivity index (χ1v) is 14.7. The number of aliphatic imine (C=N–C) groups is 1. The molecule has 7 N–H and O–H groups in total. The van der Waals surface area contributed by atoms with Gasteiger partial charge < -0.3 is 41.1 Å². The fourth-order valence-electron chi connectivity index (χ4n) is 4.81. The lowest BCUT2D eigenvalue weighted by molar-refractivity contribution is -0.204. The van der Waals surface area contributed by atoms with E-state index >= 15 is 0 Å². The molecular weight excluding hydrogens is 544 g/mol. The summed E-state index contributed by atoms with van der Waals surface area (Å²) < 4.78 is 5.78. The molecule has 42 heavy (non-hydrogen) atoms. The lowest BCUT2D eigenvalue weighted by Gasteiger charge is -2.44. The number of aliphatic hydroxyl groups excluding tert-OH is 4. The van der Waals surface area contributed by atoms with E-state index in [-0.39, 0.29) is 5.82 Å². The summed E-state index contributed by atoms with van der Waals surface area (Å²) in [7, 11) is 0. The maximum Gasteiger partial charge on any atom is 0.244 e. The Bertz CT molecular complexity index is 1100. The van der Waals surface area contributed by atoms with Crippen LogP contribution in [0.4, 0.5) is 11.5 Å². The summed E-state index contributed by atoms with van der Waals surface area (Å²) in [4.78, 5) is 37.2. The van der Waals surface area contributed by atoms with Crippen LogP contribution in [0.25, 0.3) is 0 Å². The van der Waals surface area contributed by atoms with Gasteiger partial charge in [0.05, 0.1) is 24.9 Å². The predicted octanol–water partition coefficient (Wildman–Crippen LogP) is 0.801. The summed E-state index contributed by atoms with van der Waals surface area (Å²) in [6.07, 6.45) is 12.6. The number of hydrogen-bond donors (Lipinski definition) is 7. The zero-order valence-corrected chi connectivity index (χ0v) is 24.1. The van der Waals surface area contributed by atoms with Gasteiger partial charge in [-0.05, 0) is 12.8 Å². The van der Waals surface area contributed by atoms with Gasteiger partial charge in [-0.15, -0.1) is 0 Å². The van der Waals surface area contributed by atoms with Crippen LogP contribution in [-0.4, -0.2) is 98.3 Å². The fourth-order valence-corrected chi connectivity index (χ4v) is 4.81. The van der Waals surface area contributed by atoms with E-state index in [1.165, 1.54) is 50.9 Å². The van der Waals surface area contributed by atoms with Gasteiger partial charge in [-0.3, -0.25) is 14.6 Å². The van der Waals surface area contributed by atoms with Crippen molar-refractivity contribution < 1.29 is 34.8 Å². The molecule has 1 saturated heterocycles. The smallest absolute Gasteiger partial charge is 0.244 e. The van der Waals surface area contributed by atoms with E-state index in [1.54, 1.807) is 18.4 Å². The second kappa shape index (κ2) is 17.7. The first-order valence-electron chi connectivity index (χ1n) is 14.7. The number of ether oxygens (including phenoxy) is 1. The number of amides is 2. The van der Waals surface area contributed by atoms with Crippen LogP contribution in [-0.2, 0) is 20.7 Å². The molecule has 0 bridgehead atoms. The average molecular weight is 589 g/mol. The Morgan fingerprint density at radius 1 is 1.10 bits per heavy atom. The zero-order valence-electron chi connectivity index (χ0n) is 24.1. The van der Waals surface area contributed by atoms with Crippen LogP contribution in [0.2, 0.25) is 0 Å². The van der Waals surface area contributed by atoms with E-state index in [0.717, 1.165) is 12.8 Å². The van der Waals surface area contributed by atoms with Gasteiger partial charge in [0.2, 0.25) is 11.8 Å². The van der Waals surface area contributed by atoms with Crippen LogP contribution in [0.5, 0.6) is 0 Å². The molecule has 13 heteroatoms. The number of fused-ring (bicyclic) bond motifs is 1. The number of aliphatic hydroxyl groups is 4. The summed E-state index contributed by atoms with van der Waals surface area (Å²) in [5, 5.41) is 49.3. The lowest BCUT2D eigenvalue weighted by atomic mass is 9.92. The van der Waals surface area contributed by atoms with Crippen LogP contribution in [0.3, 0.4) is 0 Å². The van der Waals surface area contributed by atoms with E-state index in [1.807, 2.05) is 6.08 Å². The highest BCUT2D eigenvalue weighted by atomic mass is 16.5. The number of aromatic nitrogens is 2. The van der Waals surface area contributed by atoms with Crippen molar-refractivity contribution in [2.24, 2.45) is 4.99 Å². The van der Waals surface area contributed by atoms with Crippen molar-refractivity contribution in [3.05, 3.63) is 36.3 Å². The van der Waals surface area contributed by atoms with Gasteiger partial charge in [-0.25, -0.2) is 9.97 Å². The van der Waals surface area contributed by atoms with Gasteiger partial charge >= 0.3 is 0 Å². The number of nitrogens with zero attached hydrogens (tertiary/aromatic N) is 3. The standard InChI is InChI=1S/C29H44N6O7/c1-2-3-4-5-6-7-8-9-10-11-12-13-21(38)31-16-22(39)34-24-25(40)26(41)29(42-27(24)20(37)17-36)35-28-23-19(14-15-30-23)32-18-33-28/h10-13,15,18,20,24-27,29,36-37,40-41H,2-9,14,16-17H2,1H3,(H,31,38)(H,34,39)(H,32,33,35)/b11-10+,13-12+. The zero-order chi connectivity index (χ0) is 30.3. The first kappa shape index (κ1) is 33.3. The van der Waals surface area contributed by atoms with E-state index in [0.29, 0.717) is 17.8 Å². The monoisotopic (exact) mass is 588 g/mol. The maximum absolute atomic E-state index is 12.6. The first-order chi connectivity index (χ1) is 20.3. The van der Waals surface area contributed by atoms with Crippen molar-refractivity contribution >= 4 is 29.5 Å². The summed E-state index contributed by atoms with van der Waals surface area (Å²) in [5.41, 5.74) is 1.14. The Labute approximate surface area is 246 Å². The normalized spacial score (nSPS) is 24.2. The van der Waals surface area contributed by atoms with Gasteiger partial charge in [0.1, 0.15) is 36.4 Å². The molecule has 0 aliphatic carbocycles. The van der Waals surface area contributed by atoms with Crippen molar-refractivity contribution in [2.45, 2.75) is 101 Å². The SMILES string of the molecule is CCCCCCCCC/C=C/C=C/C(=O)NCC(=O)NC1C(O)C(O)C(Nc2ncnc3c2N=CC3)OC1C(O)CO. The van der Waals surface area contributed by atoms with Gasteiger partial charge in [0.15, 0.2) is 12.0 Å². The summed E-state index contributed by atoms with van der Waals surface area (Å²) in [6.45, 7) is 1.06. The van der Waals surface area contributed by atoms with Gasteiger partial charge in [-0.1, -0.05) is 63.7 Å². The Morgan fingerprint density at radius 2 is 1.86 bits per heavy atom. The minimum absolute atomic E-state index is 0.258. The molecule has 13 nitrogen and oxygen atoms in total. The van der Waals surface area contributed by atoms with Crippen LogP contribution in [0.15, 0.2) is 35.6 Å². The molecule has 3 rings (SSSR count). The molecule has 6 atom stereocenters. The molecule has 1 aromatic rings. The summed E-state index contributed by atoms with van der Waals surface area (Å²) >= 11 is 0. The number of nitrogens with one attached hydrogen (secondary N) is 3. The summed E-state index contributed by atoms with van der Waals surface area (Å²) in [6, 6.07) is -1.29. The minimum atomic E-state index is -1.60. The topological polar surface area (TPSA) is 199 Å². The number of carbonyl (C=O) groups is 2. The van der Waals surface area contributed by atoms with Crippen molar-refractivity contribution in [3.63, 3.8) is 0 Å². The second-order valence-corrected chi connectivity index (χ2v) is 10.4. The van der Waals surface area contributed by atoms with E-state index < -0.39 is 61.7 Å². The van der Waals surface area contributed by atoms with Gasteiger partial charge in [-0.2, -0.15) is 0 Å². The second-order valence-electron chi connectivity index (χ2n) is 10.4. The maximum atomic E-state index is 12.6. The van der Waals surface area contributed by atoms with Crippen molar-refractivity contribution in [2.75, 3.05) is 18.5 Å². The van der Waals surface area contributed by atoms with E-state index in [9.17, 15) is 30.0 Å². The fraction of sp³-hybridized carbons (Fsp3) is 0.621. The van der Waals surface area contributed by atoms with E-state index in [4.69, 9.17) is 4.74 Å². The number of unbranched alkanes of at least 4 members (excludes halogenated alkanes) is 7. The lowest BCUT2D eigenvalue weighted by Crippen LogP contribution is -2.68. The highest BCUT2D eigenvalue weighted by Gasteiger charge is 2.48. The Hall–Kier alpha value is -3.23. The van der Waals surface area contributed by atoms with Crippen LogP contribution >= 0.6 is 0 Å². The molecule has 1 fully saturated rings. The average Bonchev–Trinajstić information content (AvgIpc) is 3.48. The van der Waals surface area contributed by atoms with Crippen LogP contribution in [0.1, 0.15) is 64.0 Å². The molecule has 1 aromatic heterocycles. The molecule has 0 aromatic carbocycles. The number of hydrogen-bond acceptors (Lipinski definition) is 11. The number of allylic oxidation sites excluding steroid dienone is 3. The van der Waals surface area contributed by atoms with Gasteiger partial charge in [0.25, 0.3) is 0 Å². The molecule has 0 saturated carbocycles. The molecule has 2 aliphatic heterocycles. The predicted molar refractivity (Wildman–Crippen MR) is 157 cm³/mol. The third-order valence-corrected chi connectivity index (χ3v) is 7.15. The largest absolute Gasteiger partial charge is 0.394 e.